The molecule has 1 atom stereocenters. The van der Waals surface area contributed by atoms with Crippen LogP contribution < -0.4 is 16.4 Å². The number of carbonyl (C=O) groups is 2. The van der Waals surface area contributed by atoms with Crippen molar-refractivity contribution < 1.29 is 14.9 Å². The number of nitrogens with one attached hydrogen (secondary N) is 1. The molecule has 5 nitrogen and oxygen atoms in total. The van der Waals surface area contributed by atoms with Crippen LogP contribution in [0.5, 0.6) is 0 Å². The summed E-state index contributed by atoms with van der Waals surface area (Å²) in [4.78, 5) is 24.2. The Balaban J connectivity index is 1.97. The normalized spacial score (nSPS) is 12.0. The van der Waals surface area contributed by atoms with Crippen LogP contribution >= 0.6 is 11.8 Å². The molecule has 0 aliphatic heterocycles. The van der Waals surface area contributed by atoms with Crippen molar-refractivity contribution in [3.05, 3.63) is 60.2 Å². The molecule has 2 aromatic carbocycles. The Bertz CT molecular complexity index is 735. The van der Waals surface area contributed by atoms with Crippen molar-refractivity contribution in [1.82, 2.24) is 0 Å². The number of hydrogen-bond donors (Lipinski definition) is 3. The van der Waals surface area contributed by atoms with E-state index < -0.39 is 0 Å². The van der Waals surface area contributed by atoms with Gasteiger partial charge >= 0.3 is 0 Å². The first kappa shape index (κ1) is 20.0. The molecular weight excluding hydrogens is 346 g/mol. The molecule has 0 unspecified atom stereocenters. The summed E-state index contributed by atoms with van der Waals surface area (Å²) in [6.07, 6.45) is 0. The van der Waals surface area contributed by atoms with Crippen molar-refractivity contribution in [3.8, 4) is 0 Å². The molecule has 0 aliphatic carbocycles. The minimum atomic E-state index is -0.382. The summed E-state index contributed by atoms with van der Waals surface area (Å²) in [5.41, 5.74) is 7.13. The van der Waals surface area contributed by atoms with Gasteiger partial charge in [0, 0.05) is 16.4 Å². The van der Waals surface area contributed by atoms with Crippen LogP contribution in [-0.4, -0.2) is 24.1 Å². The zero-order valence-electron chi connectivity index (χ0n) is 15.1. The highest BCUT2D eigenvalue weighted by molar-refractivity contribution is 8.00. The second kappa shape index (κ2) is 9.99. The molecule has 0 radical (unpaired) electrons. The van der Waals surface area contributed by atoms with Crippen LogP contribution in [0, 0.1) is 5.92 Å². The number of thioether (sulfide) groups is 1. The van der Waals surface area contributed by atoms with E-state index in [0.29, 0.717) is 18.2 Å². The number of hydrogen-bond acceptors (Lipinski definition) is 3. The SMILES string of the molecule is CC(C)[C@H]([NH2+]CC(=O)Nc1ccccc1SCC(N)=O)c1ccccc1. The first-order valence-electron chi connectivity index (χ1n) is 8.65. The van der Waals surface area contributed by atoms with Crippen LogP contribution in [0.1, 0.15) is 25.5 Å². The number of nitrogens with two attached hydrogens (primary N) is 2. The molecule has 0 fully saturated rings. The Hall–Kier alpha value is -2.31. The third-order valence-electron chi connectivity index (χ3n) is 3.99. The van der Waals surface area contributed by atoms with Crippen LogP contribution in [0.3, 0.4) is 0 Å². The first-order chi connectivity index (χ1) is 12.5. The van der Waals surface area contributed by atoms with E-state index in [0.717, 1.165) is 4.90 Å². The number of primary amides is 1. The van der Waals surface area contributed by atoms with E-state index in [2.05, 4.69) is 36.6 Å². The Labute approximate surface area is 158 Å². The van der Waals surface area contributed by atoms with E-state index in [1.54, 1.807) is 0 Å². The number of carbonyl (C=O) groups excluding carboxylic acids is 2. The molecule has 0 aromatic heterocycles. The number of amides is 2. The Morgan fingerprint density at radius 3 is 2.38 bits per heavy atom. The van der Waals surface area contributed by atoms with Crippen molar-refractivity contribution in [2.75, 3.05) is 17.6 Å². The van der Waals surface area contributed by atoms with Crippen LogP contribution in [0.4, 0.5) is 5.69 Å². The van der Waals surface area contributed by atoms with Gasteiger partial charge in [-0.15, -0.1) is 11.8 Å². The fraction of sp³-hybridized carbons (Fsp3) is 0.300. The predicted molar refractivity (Wildman–Crippen MR) is 106 cm³/mol. The van der Waals surface area contributed by atoms with Crippen LogP contribution in [0.25, 0.3) is 0 Å². The molecule has 5 N–H and O–H groups in total. The fourth-order valence-electron chi connectivity index (χ4n) is 2.75. The summed E-state index contributed by atoms with van der Waals surface area (Å²) in [5, 5.41) is 5.00. The number of anilines is 1. The van der Waals surface area contributed by atoms with Crippen LogP contribution in [0.15, 0.2) is 59.5 Å². The lowest BCUT2D eigenvalue weighted by Crippen LogP contribution is -2.88. The van der Waals surface area contributed by atoms with Gasteiger partial charge in [-0.2, -0.15) is 0 Å². The van der Waals surface area contributed by atoms with Gasteiger partial charge in [-0.25, -0.2) is 0 Å². The molecule has 2 rings (SSSR count). The Morgan fingerprint density at radius 1 is 1.08 bits per heavy atom. The highest BCUT2D eigenvalue weighted by atomic mass is 32.2. The summed E-state index contributed by atoms with van der Waals surface area (Å²) in [7, 11) is 0. The first-order valence-corrected chi connectivity index (χ1v) is 9.64. The van der Waals surface area contributed by atoms with E-state index in [4.69, 9.17) is 5.73 Å². The van der Waals surface area contributed by atoms with Gasteiger partial charge in [-0.1, -0.05) is 56.3 Å². The molecule has 0 heterocycles. The highest BCUT2D eigenvalue weighted by Crippen LogP contribution is 2.26. The monoisotopic (exact) mass is 372 g/mol. The van der Waals surface area contributed by atoms with Gasteiger partial charge in [0.1, 0.15) is 6.04 Å². The van der Waals surface area contributed by atoms with Crippen molar-refractivity contribution >= 4 is 29.3 Å². The van der Waals surface area contributed by atoms with Gasteiger partial charge in [0.25, 0.3) is 5.91 Å². The topological polar surface area (TPSA) is 88.8 Å². The molecule has 6 heteroatoms. The summed E-state index contributed by atoms with van der Waals surface area (Å²) in [6.45, 7) is 4.64. The van der Waals surface area contributed by atoms with Gasteiger partial charge in [0.15, 0.2) is 6.54 Å². The molecule has 0 saturated heterocycles. The quantitative estimate of drug-likeness (QED) is 0.589. The largest absolute Gasteiger partial charge is 0.369 e. The van der Waals surface area contributed by atoms with Gasteiger partial charge < -0.3 is 16.4 Å². The molecule has 2 amide bonds. The van der Waals surface area contributed by atoms with E-state index in [1.165, 1.54) is 17.3 Å². The molecule has 0 bridgehead atoms. The maximum absolute atomic E-state index is 12.4. The molecule has 138 valence electrons. The molecule has 2 aromatic rings. The van der Waals surface area contributed by atoms with E-state index >= 15 is 0 Å². The standard InChI is InChI=1S/C20H25N3O2S/c1-14(2)20(15-8-4-3-5-9-15)22-12-19(25)23-16-10-6-7-11-17(16)26-13-18(21)24/h3-11,14,20,22H,12-13H2,1-2H3,(H2,21,24)(H,23,25)/p+1/t20-/m0/s1. The van der Waals surface area contributed by atoms with E-state index in [-0.39, 0.29) is 23.6 Å². The van der Waals surface area contributed by atoms with Gasteiger partial charge in [-0.3, -0.25) is 9.59 Å². The van der Waals surface area contributed by atoms with Crippen LogP contribution in [-0.2, 0) is 9.59 Å². The average molecular weight is 373 g/mol. The van der Waals surface area contributed by atoms with E-state index in [9.17, 15) is 9.59 Å². The van der Waals surface area contributed by atoms with Crippen molar-refractivity contribution in [3.63, 3.8) is 0 Å². The van der Waals surface area contributed by atoms with E-state index in [1.807, 2.05) is 42.5 Å². The van der Waals surface area contributed by atoms with Crippen molar-refractivity contribution in [2.45, 2.75) is 24.8 Å². The highest BCUT2D eigenvalue weighted by Gasteiger charge is 2.20. The predicted octanol–water partition coefficient (Wildman–Crippen LogP) is 2.16. The smallest absolute Gasteiger partial charge is 0.279 e. The lowest BCUT2D eigenvalue weighted by atomic mass is 9.96. The summed E-state index contributed by atoms with van der Waals surface area (Å²) >= 11 is 1.32. The molecular formula is C20H26N3O2S+. The fourth-order valence-corrected chi connectivity index (χ4v) is 3.50. The number of quaternary nitrogens is 1. The maximum atomic E-state index is 12.4. The summed E-state index contributed by atoms with van der Waals surface area (Å²) in [5.74, 6) is 0.136. The minimum Gasteiger partial charge on any atom is -0.369 e. The molecule has 0 aliphatic rings. The zero-order chi connectivity index (χ0) is 18.9. The molecule has 0 saturated carbocycles. The molecule has 26 heavy (non-hydrogen) atoms. The van der Waals surface area contributed by atoms with Crippen molar-refractivity contribution in [1.29, 1.82) is 0 Å². The number of rotatable bonds is 9. The van der Waals surface area contributed by atoms with Gasteiger partial charge in [-0.05, 0) is 12.1 Å². The zero-order valence-corrected chi connectivity index (χ0v) is 16.0. The van der Waals surface area contributed by atoms with Crippen molar-refractivity contribution in [2.24, 2.45) is 11.7 Å². The lowest BCUT2D eigenvalue weighted by molar-refractivity contribution is -0.692. The maximum Gasteiger partial charge on any atom is 0.279 e. The van der Waals surface area contributed by atoms with Gasteiger partial charge in [0.05, 0.1) is 11.4 Å². The minimum absolute atomic E-state index is 0.0706. The second-order valence-corrected chi connectivity index (χ2v) is 7.44. The summed E-state index contributed by atoms with van der Waals surface area (Å²) < 4.78 is 0. The third kappa shape index (κ3) is 6.20. The van der Waals surface area contributed by atoms with Crippen LogP contribution in [0.2, 0.25) is 0 Å². The second-order valence-electron chi connectivity index (χ2n) is 6.42. The average Bonchev–Trinajstić information content (AvgIpc) is 2.61. The number of benzene rings is 2. The molecule has 0 spiro atoms. The Kier molecular flexibility index (Phi) is 7.69. The number of para-hydroxylation sites is 1. The summed E-state index contributed by atoms with van der Waals surface area (Å²) in [6, 6.07) is 17.9. The van der Waals surface area contributed by atoms with Gasteiger partial charge in [0.2, 0.25) is 5.91 Å². The lowest BCUT2D eigenvalue weighted by Gasteiger charge is -2.19. The Morgan fingerprint density at radius 2 is 1.73 bits per heavy atom. The third-order valence-corrected chi connectivity index (χ3v) is 5.09.